The summed E-state index contributed by atoms with van der Waals surface area (Å²) in [6, 6.07) is 1.92. The molecule has 2 rings (SSSR count). The zero-order valence-electron chi connectivity index (χ0n) is 6.91. The average Bonchev–Trinajstić information content (AvgIpc) is 2.71. The number of nitrogens with one attached hydrogen (secondary N) is 1. The first-order chi connectivity index (χ1) is 5.83. The Bertz CT molecular complexity index is 279. The van der Waals surface area contributed by atoms with Gasteiger partial charge in [0.25, 0.3) is 0 Å². The zero-order valence-corrected chi connectivity index (χ0v) is 6.91. The third-order valence-corrected chi connectivity index (χ3v) is 2.34. The predicted molar refractivity (Wildman–Crippen MR) is 43.6 cm³/mol. The van der Waals surface area contributed by atoms with Gasteiger partial charge in [0.1, 0.15) is 0 Å². The third kappa shape index (κ3) is 1.11. The van der Waals surface area contributed by atoms with Crippen molar-refractivity contribution in [3.05, 3.63) is 24.2 Å². The third-order valence-electron chi connectivity index (χ3n) is 2.34. The first-order valence-corrected chi connectivity index (χ1v) is 4.06. The minimum absolute atomic E-state index is 0.140. The summed E-state index contributed by atoms with van der Waals surface area (Å²) in [4.78, 5) is 11.1. The lowest BCUT2D eigenvalue weighted by molar-refractivity contribution is -0.121. The normalized spacial score (nSPS) is 26.8. The molecule has 1 aromatic heterocycles. The van der Waals surface area contributed by atoms with Crippen molar-refractivity contribution in [1.82, 2.24) is 5.32 Å². The van der Waals surface area contributed by atoms with Gasteiger partial charge in [0.2, 0.25) is 5.91 Å². The molecule has 3 nitrogen and oxygen atoms in total. The number of hydrogen-bond donors (Lipinski definition) is 1. The number of carbonyl (C=O) groups is 1. The summed E-state index contributed by atoms with van der Waals surface area (Å²) in [6.07, 6.45) is 4.32. The Kier molecular flexibility index (Phi) is 1.64. The SMILES string of the molecule is CNC(=O)C1CC1c1ccoc1. The van der Waals surface area contributed by atoms with E-state index < -0.39 is 0 Å². The first-order valence-electron chi connectivity index (χ1n) is 4.06. The Labute approximate surface area is 70.8 Å². The molecule has 1 aliphatic carbocycles. The van der Waals surface area contributed by atoms with Crippen molar-refractivity contribution >= 4 is 5.91 Å². The zero-order chi connectivity index (χ0) is 8.55. The van der Waals surface area contributed by atoms with Crippen LogP contribution >= 0.6 is 0 Å². The first kappa shape index (κ1) is 7.40. The number of furan rings is 1. The number of carbonyl (C=O) groups excluding carboxylic acids is 1. The molecule has 0 radical (unpaired) electrons. The molecule has 1 aromatic rings. The second kappa shape index (κ2) is 2.66. The summed E-state index contributed by atoms with van der Waals surface area (Å²) in [5.41, 5.74) is 1.14. The lowest BCUT2D eigenvalue weighted by Crippen LogP contribution is -2.20. The number of hydrogen-bond acceptors (Lipinski definition) is 2. The second-order valence-electron chi connectivity index (χ2n) is 3.12. The topological polar surface area (TPSA) is 42.2 Å². The number of amides is 1. The summed E-state index contributed by atoms with van der Waals surface area (Å²) >= 11 is 0. The average molecular weight is 165 g/mol. The molecule has 1 saturated carbocycles. The molecule has 64 valence electrons. The van der Waals surface area contributed by atoms with Gasteiger partial charge >= 0.3 is 0 Å². The van der Waals surface area contributed by atoms with E-state index in [9.17, 15) is 4.79 Å². The highest BCUT2D eigenvalue weighted by Gasteiger charge is 2.43. The van der Waals surface area contributed by atoms with Gasteiger partial charge in [-0.3, -0.25) is 4.79 Å². The van der Waals surface area contributed by atoms with Crippen LogP contribution in [0.5, 0.6) is 0 Å². The molecule has 1 fully saturated rings. The van der Waals surface area contributed by atoms with Crippen LogP contribution in [0.15, 0.2) is 23.0 Å². The van der Waals surface area contributed by atoms with E-state index in [0.717, 1.165) is 12.0 Å². The monoisotopic (exact) mass is 165 g/mol. The van der Waals surface area contributed by atoms with E-state index in [1.165, 1.54) is 0 Å². The molecular weight excluding hydrogens is 154 g/mol. The maximum atomic E-state index is 11.1. The molecule has 1 N–H and O–H groups in total. The summed E-state index contributed by atoms with van der Waals surface area (Å²) in [7, 11) is 1.67. The van der Waals surface area contributed by atoms with E-state index in [0.29, 0.717) is 5.92 Å². The largest absolute Gasteiger partial charge is 0.472 e. The fraction of sp³-hybridized carbons (Fsp3) is 0.444. The van der Waals surface area contributed by atoms with Gasteiger partial charge in [0, 0.05) is 13.0 Å². The van der Waals surface area contributed by atoms with E-state index in [-0.39, 0.29) is 11.8 Å². The lowest BCUT2D eigenvalue weighted by Gasteiger charge is -1.95. The van der Waals surface area contributed by atoms with Crippen molar-refractivity contribution in [2.24, 2.45) is 5.92 Å². The van der Waals surface area contributed by atoms with Crippen molar-refractivity contribution in [3.8, 4) is 0 Å². The maximum absolute atomic E-state index is 11.1. The van der Waals surface area contributed by atoms with Crippen LogP contribution in [-0.4, -0.2) is 13.0 Å². The molecular formula is C9H11NO2. The van der Waals surface area contributed by atoms with Crippen LogP contribution in [0.2, 0.25) is 0 Å². The lowest BCUT2D eigenvalue weighted by atomic mass is 10.2. The fourth-order valence-electron chi connectivity index (χ4n) is 1.52. The minimum Gasteiger partial charge on any atom is -0.472 e. The standard InChI is InChI=1S/C9H11NO2/c1-10-9(11)8-4-7(8)6-2-3-12-5-6/h2-3,5,7-8H,4H2,1H3,(H,10,11). The molecule has 2 atom stereocenters. The van der Waals surface area contributed by atoms with E-state index in [2.05, 4.69) is 5.32 Å². The van der Waals surface area contributed by atoms with Gasteiger partial charge in [-0.15, -0.1) is 0 Å². The second-order valence-corrected chi connectivity index (χ2v) is 3.12. The highest BCUT2D eigenvalue weighted by Crippen LogP contribution is 2.47. The van der Waals surface area contributed by atoms with Crippen LogP contribution in [0.3, 0.4) is 0 Å². The van der Waals surface area contributed by atoms with Crippen LogP contribution in [0.25, 0.3) is 0 Å². The van der Waals surface area contributed by atoms with Gasteiger partial charge in [-0.2, -0.15) is 0 Å². The van der Waals surface area contributed by atoms with Crippen LogP contribution in [0, 0.1) is 5.92 Å². The van der Waals surface area contributed by atoms with Gasteiger partial charge in [0.15, 0.2) is 0 Å². The molecule has 0 aliphatic heterocycles. The molecule has 0 bridgehead atoms. The summed E-state index contributed by atoms with van der Waals surface area (Å²) in [5, 5.41) is 2.65. The van der Waals surface area contributed by atoms with E-state index in [4.69, 9.17) is 4.42 Å². The Morgan fingerprint density at radius 3 is 3.17 bits per heavy atom. The molecule has 1 amide bonds. The van der Waals surface area contributed by atoms with Crippen molar-refractivity contribution < 1.29 is 9.21 Å². The van der Waals surface area contributed by atoms with Crippen LogP contribution in [-0.2, 0) is 4.79 Å². The molecule has 12 heavy (non-hydrogen) atoms. The van der Waals surface area contributed by atoms with Crippen LogP contribution in [0.4, 0.5) is 0 Å². The Morgan fingerprint density at radius 2 is 2.58 bits per heavy atom. The Hall–Kier alpha value is -1.25. The van der Waals surface area contributed by atoms with Gasteiger partial charge < -0.3 is 9.73 Å². The fourth-order valence-corrected chi connectivity index (χ4v) is 1.52. The van der Waals surface area contributed by atoms with E-state index in [1.807, 2.05) is 6.07 Å². The smallest absolute Gasteiger partial charge is 0.223 e. The van der Waals surface area contributed by atoms with E-state index in [1.54, 1.807) is 19.6 Å². The van der Waals surface area contributed by atoms with Gasteiger partial charge in [0.05, 0.1) is 12.5 Å². The van der Waals surface area contributed by atoms with Crippen molar-refractivity contribution in [2.45, 2.75) is 12.3 Å². The highest BCUT2D eigenvalue weighted by atomic mass is 16.3. The van der Waals surface area contributed by atoms with Gasteiger partial charge in [-0.05, 0) is 24.0 Å². The minimum atomic E-state index is 0.140. The molecule has 0 saturated heterocycles. The van der Waals surface area contributed by atoms with Crippen LogP contribution < -0.4 is 5.32 Å². The van der Waals surface area contributed by atoms with Crippen molar-refractivity contribution in [1.29, 1.82) is 0 Å². The highest BCUT2D eigenvalue weighted by molar-refractivity contribution is 5.82. The van der Waals surface area contributed by atoms with Gasteiger partial charge in [-0.1, -0.05) is 0 Å². The maximum Gasteiger partial charge on any atom is 0.223 e. The van der Waals surface area contributed by atoms with Crippen molar-refractivity contribution in [3.63, 3.8) is 0 Å². The van der Waals surface area contributed by atoms with Crippen LogP contribution in [0.1, 0.15) is 17.9 Å². The van der Waals surface area contributed by atoms with E-state index >= 15 is 0 Å². The summed E-state index contributed by atoms with van der Waals surface area (Å²) in [5.74, 6) is 0.706. The predicted octanol–water partition coefficient (Wildman–Crippen LogP) is 1.13. The quantitative estimate of drug-likeness (QED) is 0.713. The molecule has 0 spiro atoms. The van der Waals surface area contributed by atoms with Gasteiger partial charge in [-0.25, -0.2) is 0 Å². The molecule has 1 heterocycles. The van der Waals surface area contributed by atoms with Crippen molar-refractivity contribution in [2.75, 3.05) is 7.05 Å². The summed E-state index contributed by atoms with van der Waals surface area (Å²) in [6.45, 7) is 0. The molecule has 0 aromatic carbocycles. The Balaban J connectivity index is 2.01. The summed E-state index contributed by atoms with van der Waals surface area (Å²) < 4.78 is 4.95. The number of rotatable bonds is 2. The molecule has 1 aliphatic rings. The Morgan fingerprint density at radius 1 is 1.75 bits per heavy atom. The molecule has 2 unspecified atom stereocenters. The molecule has 3 heteroatoms.